The van der Waals surface area contributed by atoms with Gasteiger partial charge in [0, 0.05) is 12.0 Å². The molecular formula is C8H14N2O. The Morgan fingerprint density at radius 1 is 1.55 bits per heavy atom. The standard InChI is InChI=1S/C8H14N2O/c1-5-3-11-4-7-8(5)6(2)9-10-7/h6-10H,1,3-4H2,2H3. The molecule has 3 unspecified atom stereocenters. The molecule has 2 rings (SSSR count). The first-order valence-corrected chi connectivity index (χ1v) is 4.05. The largest absolute Gasteiger partial charge is 0.375 e. The van der Waals surface area contributed by atoms with Crippen LogP contribution in [-0.4, -0.2) is 25.3 Å². The molecule has 2 saturated heterocycles. The van der Waals surface area contributed by atoms with Gasteiger partial charge in [0.25, 0.3) is 0 Å². The molecule has 2 aliphatic rings. The molecule has 0 aliphatic carbocycles. The minimum absolute atomic E-state index is 0.436. The van der Waals surface area contributed by atoms with E-state index in [0.717, 1.165) is 13.2 Å². The van der Waals surface area contributed by atoms with E-state index in [1.807, 2.05) is 0 Å². The monoisotopic (exact) mass is 154 g/mol. The molecule has 2 N–H and O–H groups in total. The molecule has 0 aromatic rings. The normalized spacial score (nSPS) is 44.1. The van der Waals surface area contributed by atoms with Gasteiger partial charge in [-0.05, 0) is 12.5 Å². The van der Waals surface area contributed by atoms with E-state index < -0.39 is 0 Å². The van der Waals surface area contributed by atoms with Crippen molar-refractivity contribution >= 4 is 0 Å². The number of rotatable bonds is 0. The predicted octanol–water partition coefficient (Wildman–Crippen LogP) is 0.0539. The van der Waals surface area contributed by atoms with E-state index in [4.69, 9.17) is 4.74 Å². The molecule has 0 aromatic heterocycles. The summed E-state index contributed by atoms with van der Waals surface area (Å²) in [5.41, 5.74) is 7.62. The highest BCUT2D eigenvalue weighted by Crippen LogP contribution is 2.26. The zero-order valence-corrected chi connectivity index (χ0v) is 6.76. The van der Waals surface area contributed by atoms with Crippen LogP contribution >= 0.6 is 0 Å². The van der Waals surface area contributed by atoms with Gasteiger partial charge < -0.3 is 4.74 Å². The lowest BCUT2D eigenvalue weighted by molar-refractivity contribution is 0.0898. The molecule has 3 nitrogen and oxygen atoms in total. The second-order valence-electron chi connectivity index (χ2n) is 3.38. The summed E-state index contributed by atoms with van der Waals surface area (Å²) in [6.45, 7) is 7.71. The van der Waals surface area contributed by atoms with Gasteiger partial charge in [0.2, 0.25) is 0 Å². The molecule has 0 aromatic carbocycles. The summed E-state index contributed by atoms with van der Waals surface area (Å²) in [5, 5.41) is 0. The van der Waals surface area contributed by atoms with Crippen LogP contribution in [0.4, 0.5) is 0 Å². The molecule has 2 fully saturated rings. The Balaban J connectivity index is 2.14. The van der Waals surface area contributed by atoms with Gasteiger partial charge in [-0.25, -0.2) is 0 Å². The van der Waals surface area contributed by atoms with E-state index in [-0.39, 0.29) is 0 Å². The first-order valence-electron chi connectivity index (χ1n) is 4.05. The maximum absolute atomic E-state index is 5.34. The van der Waals surface area contributed by atoms with Crippen LogP contribution in [0.15, 0.2) is 12.2 Å². The zero-order chi connectivity index (χ0) is 7.84. The van der Waals surface area contributed by atoms with Crippen molar-refractivity contribution in [1.29, 1.82) is 0 Å². The van der Waals surface area contributed by atoms with Crippen LogP contribution in [0.2, 0.25) is 0 Å². The van der Waals surface area contributed by atoms with Crippen LogP contribution in [0.25, 0.3) is 0 Å². The molecule has 3 heteroatoms. The zero-order valence-electron chi connectivity index (χ0n) is 6.76. The molecular weight excluding hydrogens is 140 g/mol. The van der Waals surface area contributed by atoms with Gasteiger partial charge in [0.1, 0.15) is 0 Å². The number of ether oxygens (including phenoxy) is 1. The van der Waals surface area contributed by atoms with Crippen LogP contribution in [0.3, 0.4) is 0 Å². The number of nitrogens with one attached hydrogen (secondary N) is 2. The fraction of sp³-hybridized carbons (Fsp3) is 0.750. The van der Waals surface area contributed by atoms with Crippen molar-refractivity contribution in [2.75, 3.05) is 13.2 Å². The van der Waals surface area contributed by atoms with Gasteiger partial charge in [0.15, 0.2) is 0 Å². The Morgan fingerprint density at radius 3 is 3.09 bits per heavy atom. The summed E-state index contributed by atoms with van der Waals surface area (Å²) in [4.78, 5) is 0. The smallest absolute Gasteiger partial charge is 0.0678 e. The fourth-order valence-electron chi connectivity index (χ4n) is 1.96. The fourth-order valence-corrected chi connectivity index (χ4v) is 1.96. The third-order valence-electron chi connectivity index (χ3n) is 2.52. The summed E-state index contributed by atoms with van der Waals surface area (Å²) in [6, 6.07) is 0.933. The van der Waals surface area contributed by atoms with Crippen LogP contribution in [0.1, 0.15) is 6.92 Å². The van der Waals surface area contributed by atoms with Gasteiger partial charge in [0.05, 0.1) is 19.3 Å². The quantitative estimate of drug-likeness (QED) is 0.484. The second kappa shape index (κ2) is 2.59. The van der Waals surface area contributed by atoms with Gasteiger partial charge in [-0.3, -0.25) is 10.9 Å². The molecule has 0 bridgehead atoms. The van der Waals surface area contributed by atoms with Crippen molar-refractivity contribution in [2.45, 2.75) is 19.0 Å². The summed E-state index contributed by atoms with van der Waals surface area (Å²) >= 11 is 0. The van der Waals surface area contributed by atoms with Gasteiger partial charge in [-0.1, -0.05) is 6.58 Å². The predicted molar refractivity (Wildman–Crippen MR) is 43.0 cm³/mol. The van der Waals surface area contributed by atoms with E-state index >= 15 is 0 Å². The number of hydrazine groups is 1. The van der Waals surface area contributed by atoms with E-state index in [9.17, 15) is 0 Å². The number of fused-ring (bicyclic) bond motifs is 1. The van der Waals surface area contributed by atoms with Crippen molar-refractivity contribution in [1.82, 2.24) is 10.9 Å². The van der Waals surface area contributed by atoms with Gasteiger partial charge in [-0.2, -0.15) is 0 Å². The van der Waals surface area contributed by atoms with Crippen molar-refractivity contribution in [3.63, 3.8) is 0 Å². The lowest BCUT2D eigenvalue weighted by Gasteiger charge is -2.28. The van der Waals surface area contributed by atoms with E-state index in [1.165, 1.54) is 5.57 Å². The third kappa shape index (κ3) is 1.09. The maximum atomic E-state index is 5.34. The molecule has 0 spiro atoms. The molecule has 3 atom stereocenters. The molecule has 11 heavy (non-hydrogen) atoms. The topological polar surface area (TPSA) is 33.3 Å². The summed E-state index contributed by atoms with van der Waals surface area (Å²) in [7, 11) is 0. The number of hydrogen-bond donors (Lipinski definition) is 2. The average molecular weight is 154 g/mol. The lowest BCUT2D eigenvalue weighted by atomic mass is 9.87. The Labute approximate surface area is 66.8 Å². The Bertz CT molecular complexity index is 179. The molecule has 0 amide bonds. The first kappa shape index (κ1) is 7.28. The summed E-state index contributed by atoms with van der Waals surface area (Å²) in [6.07, 6.45) is 0. The molecule has 0 saturated carbocycles. The van der Waals surface area contributed by atoms with Gasteiger partial charge >= 0.3 is 0 Å². The van der Waals surface area contributed by atoms with Crippen molar-refractivity contribution < 1.29 is 4.74 Å². The van der Waals surface area contributed by atoms with E-state index in [2.05, 4.69) is 24.4 Å². The highest BCUT2D eigenvalue weighted by Gasteiger charge is 2.37. The maximum Gasteiger partial charge on any atom is 0.0678 e. The first-order chi connectivity index (χ1) is 5.29. The van der Waals surface area contributed by atoms with Crippen molar-refractivity contribution in [3.05, 3.63) is 12.2 Å². The van der Waals surface area contributed by atoms with E-state index in [0.29, 0.717) is 18.0 Å². The summed E-state index contributed by atoms with van der Waals surface area (Å²) < 4.78 is 5.34. The SMILES string of the molecule is C=C1COCC2NNC(C)C12. The van der Waals surface area contributed by atoms with Crippen molar-refractivity contribution in [3.8, 4) is 0 Å². The van der Waals surface area contributed by atoms with Crippen LogP contribution in [0.5, 0.6) is 0 Å². The molecule has 2 heterocycles. The van der Waals surface area contributed by atoms with Gasteiger partial charge in [-0.15, -0.1) is 0 Å². The Kier molecular flexibility index (Phi) is 1.71. The Morgan fingerprint density at radius 2 is 2.36 bits per heavy atom. The van der Waals surface area contributed by atoms with Crippen LogP contribution < -0.4 is 10.9 Å². The minimum Gasteiger partial charge on any atom is -0.375 e. The van der Waals surface area contributed by atoms with E-state index in [1.54, 1.807) is 0 Å². The third-order valence-corrected chi connectivity index (χ3v) is 2.52. The molecule has 0 radical (unpaired) electrons. The second-order valence-corrected chi connectivity index (χ2v) is 3.38. The van der Waals surface area contributed by atoms with Crippen molar-refractivity contribution in [2.24, 2.45) is 5.92 Å². The summed E-state index contributed by atoms with van der Waals surface area (Å²) in [5.74, 6) is 0.559. The Hall–Kier alpha value is -0.380. The van der Waals surface area contributed by atoms with Crippen LogP contribution in [0, 0.1) is 5.92 Å². The minimum atomic E-state index is 0.436. The average Bonchev–Trinajstić information content (AvgIpc) is 2.34. The molecule has 2 aliphatic heterocycles. The highest BCUT2D eigenvalue weighted by molar-refractivity contribution is 5.13. The highest BCUT2D eigenvalue weighted by atomic mass is 16.5. The lowest BCUT2D eigenvalue weighted by Crippen LogP contribution is -2.39. The number of hydrogen-bond acceptors (Lipinski definition) is 3. The van der Waals surface area contributed by atoms with Crippen LogP contribution in [-0.2, 0) is 4.74 Å². The molecule has 62 valence electrons.